The van der Waals surface area contributed by atoms with E-state index in [4.69, 9.17) is 5.14 Å². The van der Waals surface area contributed by atoms with Crippen molar-refractivity contribution in [2.75, 3.05) is 6.61 Å². The summed E-state index contributed by atoms with van der Waals surface area (Å²) < 4.78 is 26.0. The molecule has 19 heavy (non-hydrogen) atoms. The van der Waals surface area contributed by atoms with Crippen LogP contribution < -0.4 is 5.14 Å². The van der Waals surface area contributed by atoms with E-state index in [2.05, 4.69) is 14.2 Å². The van der Waals surface area contributed by atoms with Gasteiger partial charge in [0.2, 0.25) is 0 Å². The van der Waals surface area contributed by atoms with Gasteiger partial charge in [0, 0.05) is 17.4 Å². The highest BCUT2D eigenvalue weighted by Gasteiger charge is 2.34. The quantitative estimate of drug-likeness (QED) is 0.731. The molecule has 0 bridgehead atoms. The molecule has 0 aliphatic heterocycles. The highest BCUT2D eigenvalue weighted by molar-refractivity contribution is 7.99. The van der Waals surface area contributed by atoms with E-state index >= 15 is 0 Å². The monoisotopic (exact) mass is 305 g/mol. The van der Waals surface area contributed by atoms with Crippen molar-refractivity contribution >= 4 is 22.1 Å². The van der Waals surface area contributed by atoms with E-state index in [0.717, 1.165) is 5.03 Å². The minimum absolute atomic E-state index is 0.0825. The molecular weight excluding hydrogens is 290 g/mol. The SMILES string of the molecule is NS(=O)(=O)OC[C@@H]1C[C@@H](Sc2ccncn2)C[C@@H]1O. The van der Waals surface area contributed by atoms with Crippen molar-refractivity contribution in [3.05, 3.63) is 18.6 Å². The molecule has 2 rings (SSSR count). The van der Waals surface area contributed by atoms with E-state index in [1.165, 1.54) is 6.33 Å². The maximum atomic E-state index is 10.7. The van der Waals surface area contributed by atoms with Gasteiger partial charge in [-0.25, -0.2) is 15.1 Å². The van der Waals surface area contributed by atoms with Crippen LogP contribution in [0.1, 0.15) is 12.8 Å². The number of nitrogens with zero attached hydrogens (tertiary/aromatic N) is 2. The van der Waals surface area contributed by atoms with E-state index < -0.39 is 16.4 Å². The Hall–Kier alpha value is -0.740. The van der Waals surface area contributed by atoms with Gasteiger partial charge in [-0.1, -0.05) is 0 Å². The molecule has 0 amide bonds. The molecule has 7 nitrogen and oxygen atoms in total. The zero-order valence-electron chi connectivity index (χ0n) is 10.0. The second-order valence-electron chi connectivity index (χ2n) is 4.36. The Bertz CT molecular complexity index is 511. The zero-order chi connectivity index (χ0) is 13.9. The fraction of sp³-hybridized carbons (Fsp3) is 0.600. The Kier molecular flexibility index (Phi) is 4.74. The van der Waals surface area contributed by atoms with Crippen LogP contribution in [0.4, 0.5) is 0 Å². The maximum Gasteiger partial charge on any atom is 0.333 e. The van der Waals surface area contributed by atoms with Gasteiger partial charge in [0.1, 0.15) is 6.33 Å². The molecule has 1 saturated carbocycles. The summed E-state index contributed by atoms with van der Waals surface area (Å²) in [6.07, 6.45) is 3.78. The average molecular weight is 305 g/mol. The summed E-state index contributed by atoms with van der Waals surface area (Å²) >= 11 is 1.54. The number of aliphatic hydroxyl groups excluding tert-OH is 1. The van der Waals surface area contributed by atoms with E-state index in [1.54, 1.807) is 24.0 Å². The molecule has 1 aliphatic carbocycles. The van der Waals surface area contributed by atoms with Gasteiger partial charge in [0.15, 0.2) is 0 Å². The summed E-state index contributed by atoms with van der Waals surface area (Å²) in [6, 6.07) is 1.80. The van der Waals surface area contributed by atoms with Gasteiger partial charge in [-0.15, -0.1) is 11.8 Å². The van der Waals surface area contributed by atoms with Crippen molar-refractivity contribution in [1.82, 2.24) is 9.97 Å². The maximum absolute atomic E-state index is 10.7. The Morgan fingerprint density at radius 3 is 2.95 bits per heavy atom. The molecule has 0 radical (unpaired) electrons. The smallest absolute Gasteiger partial charge is 0.333 e. The summed E-state index contributed by atoms with van der Waals surface area (Å²) in [5.41, 5.74) is 0. The summed E-state index contributed by atoms with van der Waals surface area (Å²) in [4.78, 5) is 7.93. The Morgan fingerprint density at radius 1 is 1.53 bits per heavy atom. The van der Waals surface area contributed by atoms with Crippen LogP contribution in [0.3, 0.4) is 0 Å². The third kappa shape index (κ3) is 4.69. The minimum Gasteiger partial charge on any atom is -0.393 e. The second-order valence-corrected chi connectivity index (χ2v) is 6.91. The molecule has 9 heteroatoms. The second kappa shape index (κ2) is 6.14. The van der Waals surface area contributed by atoms with Crippen molar-refractivity contribution in [1.29, 1.82) is 0 Å². The van der Waals surface area contributed by atoms with E-state index in [9.17, 15) is 13.5 Å². The first-order valence-corrected chi connectivity index (χ1v) is 8.07. The molecule has 3 N–H and O–H groups in total. The van der Waals surface area contributed by atoms with E-state index in [1.807, 2.05) is 0 Å². The third-order valence-corrected chi connectivity index (χ3v) is 4.57. The van der Waals surface area contributed by atoms with Crippen LogP contribution in [0, 0.1) is 5.92 Å². The van der Waals surface area contributed by atoms with Crippen LogP contribution in [0.15, 0.2) is 23.6 Å². The van der Waals surface area contributed by atoms with Gasteiger partial charge in [-0.05, 0) is 18.9 Å². The van der Waals surface area contributed by atoms with Crippen LogP contribution >= 0.6 is 11.8 Å². The lowest BCUT2D eigenvalue weighted by Gasteiger charge is -2.12. The summed E-state index contributed by atoms with van der Waals surface area (Å²) in [5, 5.41) is 15.6. The van der Waals surface area contributed by atoms with Crippen LogP contribution in [-0.4, -0.2) is 41.5 Å². The molecule has 0 aromatic carbocycles. The lowest BCUT2D eigenvalue weighted by molar-refractivity contribution is 0.101. The van der Waals surface area contributed by atoms with Crippen molar-refractivity contribution in [3.8, 4) is 0 Å². The Labute approximate surface area is 115 Å². The molecule has 106 valence electrons. The number of thioether (sulfide) groups is 1. The molecule has 0 spiro atoms. The first-order valence-electron chi connectivity index (χ1n) is 5.72. The highest BCUT2D eigenvalue weighted by atomic mass is 32.2. The molecule has 0 saturated heterocycles. The fourth-order valence-electron chi connectivity index (χ4n) is 2.03. The zero-order valence-corrected chi connectivity index (χ0v) is 11.7. The van der Waals surface area contributed by atoms with Crippen molar-refractivity contribution < 1.29 is 17.7 Å². The predicted octanol–water partition coefficient (Wildman–Crippen LogP) is -0.0717. The van der Waals surface area contributed by atoms with Crippen LogP contribution in [0.5, 0.6) is 0 Å². The number of aromatic nitrogens is 2. The lowest BCUT2D eigenvalue weighted by Crippen LogP contribution is -2.24. The topological polar surface area (TPSA) is 115 Å². The molecular formula is C10H15N3O4S2. The van der Waals surface area contributed by atoms with E-state index in [0.29, 0.717) is 12.8 Å². The predicted molar refractivity (Wildman–Crippen MR) is 69.5 cm³/mol. The number of hydrogen-bond donors (Lipinski definition) is 2. The molecule has 3 atom stereocenters. The normalized spacial score (nSPS) is 27.6. The van der Waals surface area contributed by atoms with Crippen molar-refractivity contribution in [2.45, 2.75) is 29.2 Å². The summed E-state index contributed by atoms with van der Waals surface area (Å²) in [7, 11) is -3.95. The molecule has 1 aliphatic rings. The average Bonchev–Trinajstić information content (AvgIpc) is 2.67. The van der Waals surface area contributed by atoms with Gasteiger partial charge in [-0.3, -0.25) is 4.18 Å². The van der Waals surface area contributed by atoms with Crippen LogP contribution in [0.25, 0.3) is 0 Å². The molecule has 1 fully saturated rings. The van der Waals surface area contributed by atoms with E-state index in [-0.39, 0.29) is 17.8 Å². The molecule has 1 aromatic heterocycles. The number of aliphatic hydroxyl groups is 1. The Morgan fingerprint density at radius 2 is 2.32 bits per heavy atom. The van der Waals surface area contributed by atoms with Gasteiger partial charge in [-0.2, -0.15) is 8.42 Å². The number of rotatable bonds is 5. The number of hydrogen-bond acceptors (Lipinski definition) is 7. The lowest BCUT2D eigenvalue weighted by atomic mass is 10.1. The molecule has 1 aromatic rings. The van der Waals surface area contributed by atoms with Crippen molar-refractivity contribution in [2.24, 2.45) is 11.1 Å². The first-order chi connectivity index (χ1) is 8.94. The minimum atomic E-state index is -3.95. The van der Waals surface area contributed by atoms with Gasteiger partial charge < -0.3 is 5.11 Å². The standard InChI is InChI=1S/C10H15N3O4S2/c11-19(15,16)17-5-7-3-8(4-9(7)14)18-10-1-2-12-6-13-10/h1-2,6-9,14H,3-5H2,(H2,11,15,16)/t7-,8+,9-/m0/s1. The van der Waals surface area contributed by atoms with Gasteiger partial charge in [0.05, 0.1) is 17.7 Å². The number of nitrogens with two attached hydrogens (primary N) is 1. The Balaban J connectivity index is 1.87. The van der Waals surface area contributed by atoms with Gasteiger partial charge in [0.25, 0.3) is 0 Å². The van der Waals surface area contributed by atoms with Crippen LogP contribution in [0.2, 0.25) is 0 Å². The highest BCUT2D eigenvalue weighted by Crippen LogP contribution is 2.37. The van der Waals surface area contributed by atoms with Crippen molar-refractivity contribution in [3.63, 3.8) is 0 Å². The van der Waals surface area contributed by atoms with Crippen LogP contribution in [-0.2, 0) is 14.5 Å². The molecule has 1 heterocycles. The fourth-order valence-corrected chi connectivity index (χ4v) is 3.62. The third-order valence-electron chi connectivity index (χ3n) is 2.90. The summed E-state index contributed by atoms with van der Waals surface area (Å²) in [5.74, 6) is -0.224. The summed E-state index contributed by atoms with van der Waals surface area (Å²) in [6.45, 7) is -0.0825. The largest absolute Gasteiger partial charge is 0.393 e. The van der Waals surface area contributed by atoms with Gasteiger partial charge >= 0.3 is 10.3 Å². The molecule has 0 unspecified atom stereocenters. The first kappa shape index (κ1) is 14.7.